The van der Waals surface area contributed by atoms with Crippen LogP contribution >= 0.6 is 0 Å². The van der Waals surface area contributed by atoms with E-state index < -0.39 is 0 Å². The molecule has 0 N–H and O–H groups in total. The fourth-order valence-corrected chi connectivity index (χ4v) is 0. The van der Waals surface area contributed by atoms with E-state index in [-0.39, 0.29) is 0 Å². The number of hydrogen-bond acceptors (Lipinski definition) is 0. The van der Waals surface area contributed by atoms with Crippen LogP contribution in [0.5, 0.6) is 0 Å². The first-order valence-corrected chi connectivity index (χ1v) is 2.79. The van der Waals surface area contributed by atoms with Gasteiger partial charge in [0, 0.05) is 0 Å². The Morgan fingerprint density at radius 2 is 0.778 bits per heavy atom. The molecular weight excluding hydrogens is 124 g/mol. The average molecular weight is 134 g/mol. The first-order valence-electron chi connectivity index (χ1n) is 1.79. The van der Waals surface area contributed by atoms with Crippen molar-refractivity contribution in [3.63, 3.8) is 0 Å². The maximum Gasteiger partial charge on any atom is 0.0902 e. The molecule has 0 spiro atoms. The van der Waals surface area contributed by atoms with Crippen LogP contribution in [0.4, 0.5) is 0 Å². The van der Waals surface area contributed by atoms with Gasteiger partial charge >= 0.3 is 0 Å². The Hall–Kier alpha value is -1.54. The summed E-state index contributed by atoms with van der Waals surface area (Å²) in [6.45, 7) is 0. The van der Waals surface area contributed by atoms with E-state index in [1.54, 1.807) is 0 Å². The summed E-state index contributed by atoms with van der Waals surface area (Å²) in [6.07, 6.45) is 28.7. The van der Waals surface area contributed by atoms with Crippen LogP contribution < -0.4 is 0 Å². The van der Waals surface area contributed by atoms with E-state index in [9.17, 15) is 0 Å². The van der Waals surface area contributed by atoms with Gasteiger partial charge in [0.2, 0.25) is 0 Å². The molecule has 0 rings (SSSR count). The summed E-state index contributed by atoms with van der Waals surface area (Å²) in [6, 6.07) is 0. The summed E-state index contributed by atoms with van der Waals surface area (Å²) in [5.74, 6) is 0. The van der Waals surface area contributed by atoms with Crippen LogP contribution in [0.15, 0.2) is 0 Å². The van der Waals surface area contributed by atoms with Gasteiger partial charge in [0.1, 0.15) is 0 Å². The molecule has 0 atom stereocenters. The molecule has 0 radical (unpaired) electrons. The van der Waals surface area contributed by atoms with Crippen molar-refractivity contribution in [3.8, 4) is 50.5 Å². The van der Waals surface area contributed by atoms with E-state index in [2.05, 4.69) is 50.5 Å². The van der Waals surface area contributed by atoms with Crippen molar-refractivity contribution < 1.29 is 0 Å². The molecule has 0 aromatic rings. The fourth-order valence-electron chi connectivity index (χ4n) is 0. The van der Waals surface area contributed by atoms with Crippen molar-refractivity contribution in [3.05, 3.63) is 0 Å². The van der Waals surface area contributed by atoms with Gasteiger partial charge in [-0.3, -0.25) is 0 Å². The summed E-state index contributed by atoms with van der Waals surface area (Å²) < 4.78 is 0. The van der Waals surface area contributed by atoms with Crippen LogP contribution in [0.2, 0.25) is 0 Å². The molecule has 0 aromatic carbocycles. The van der Waals surface area contributed by atoms with E-state index >= 15 is 0 Å². The molecule has 0 saturated heterocycles. The first-order chi connectivity index (χ1) is 4.41. The third-order valence-electron chi connectivity index (χ3n) is 0. The standard InChI is InChI=1S/C2H4Si.3C2H2/c1-2-3;3*1-2/h1H,3H3;3*1-2H. The molecule has 0 bridgehead atoms. The minimum atomic E-state index is 0.897. The lowest BCUT2D eigenvalue weighted by Gasteiger charge is -1.22. The highest BCUT2D eigenvalue weighted by Crippen LogP contribution is 1.03. The Morgan fingerprint density at radius 1 is 0.778 bits per heavy atom. The lowest BCUT2D eigenvalue weighted by molar-refractivity contribution is 3.09. The summed E-state index contributed by atoms with van der Waals surface area (Å²) in [5, 5.41) is 0. The lowest BCUT2D eigenvalue weighted by atomic mass is 11.4. The molecule has 0 aliphatic carbocycles. The molecule has 1 heteroatoms. The zero-order valence-electron chi connectivity index (χ0n) is 5.54. The summed E-state index contributed by atoms with van der Waals surface area (Å²) in [4.78, 5) is 0. The van der Waals surface area contributed by atoms with Crippen molar-refractivity contribution in [2.45, 2.75) is 0 Å². The smallest absolute Gasteiger partial charge is 0.0902 e. The average Bonchev–Trinajstić information content (AvgIpc) is 2.01. The van der Waals surface area contributed by atoms with Crippen LogP contribution in [-0.4, -0.2) is 10.2 Å². The molecule has 0 aliphatic rings. The molecule has 9 heavy (non-hydrogen) atoms. The molecule has 0 nitrogen and oxygen atoms in total. The monoisotopic (exact) mass is 134 g/mol. The van der Waals surface area contributed by atoms with E-state index in [1.165, 1.54) is 0 Å². The Balaban J connectivity index is -0.0000000190. The second kappa shape index (κ2) is 652. The predicted octanol–water partition coefficient (Wildman–Crippen LogP) is -0.309. The van der Waals surface area contributed by atoms with E-state index in [0.29, 0.717) is 0 Å². The molecule has 0 saturated carbocycles. The van der Waals surface area contributed by atoms with Gasteiger partial charge in [-0.05, 0) is 0 Å². The topological polar surface area (TPSA) is 0 Å². The van der Waals surface area contributed by atoms with Gasteiger partial charge < -0.3 is 0 Å². The normalized spacial score (nSPS) is 1.89. The van der Waals surface area contributed by atoms with Crippen molar-refractivity contribution in [2.75, 3.05) is 0 Å². The van der Waals surface area contributed by atoms with Crippen LogP contribution in [0.1, 0.15) is 0 Å². The molecule has 0 amide bonds. The van der Waals surface area contributed by atoms with Crippen LogP contribution in [0.3, 0.4) is 0 Å². The fraction of sp³-hybridized carbons (Fsp3) is 0. The Bertz CT molecular complexity index is 83.7. The second-order valence-electron chi connectivity index (χ2n) is 0.289. The molecule has 0 heterocycles. The molecular formula is C8H10Si. The molecule has 0 aromatic heterocycles. The minimum absolute atomic E-state index is 0.897. The van der Waals surface area contributed by atoms with Crippen molar-refractivity contribution in [2.24, 2.45) is 0 Å². The Morgan fingerprint density at radius 3 is 0.778 bits per heavy atom. The quantitative estimate of drug-likeness (QED) is 0.315. The van der Waals surface area contributed by atoms with Crippen LogP contribution in [0, 0.1) is 50.5 Å². The van der Waals surface area contributed by atoms with Gasteiger partial charge in [-0.1, -0.05) is 0 Å². The minimum Gasteiger partial charge on any atom is -0.147 e. The summed E-state index contributed by atoms with van der Waals surface area (Å²) >= 11 is 0. The first kappa shape index (κ1) is 26.0. The molecule has 0 fully saturated rings. The van der Waals surface area contributed by atoms with Crippen molar-refractivity contribution >= 4 is 10.2 Å². The van der Waals surface area contributed by atoms with Crippen molar-refractivity contribution in [1.29, 1.82) is 0 Å². The highest BCUT2D eigenvalue weighted by Gasteiger charge is 1.11. The third kappa shape index (κ3) is 53.9. The van der Waals surface area contributed by atoms with Crippen LogP contribution in [0.25, 0.3) is 0 Å². The SMILES string of the molecule is C#C.C#C.C#C.C#C[SiH3]. The Labute approximate surface area is 61.5 Å². The molecule has 0 unspecified atom stereocenters. The largest absolute Gasteiger partial charge is 0.147 e. The maximum atomic E-state index is 4.66. The summed E-state index contributed by atoms with van der Waals surface area (Å²) in [7, 11) is 0.897. The van der Waals surface area contributed by atoms with Gasteiger partial charge in [0.25, 0.3) is 0 Å². The Kier molecular flexibility index (Phi) is 1880. The van der Waals surface area contributed by atoms with Crippen LogP contribution in [-0.2, 0) is 0 Å². The third-order valence-corrected chi connectivity index (χ3v) is 0. The van der Waals surface area contributed by atoms with Gasteiger partial charge in [-0.2, -0.15) is 0 Å². The second-order valence-corrected chi connectivity index (χ2v) is 0.866. The zero-order valence-corrected chi connectivity index (χ0v) is 7.54. The highest BCUT2D eigenvalue weighted by atomic mass is 28.1. The van der Waals surface area contributed by atoms with Gasteiger partial charge in [0.05, 0.1) is 10.2 Å². The van der Waals surface area contributed by atoms with E-state index in [4.69, 9.17) is 0 Å². The van der Waals surface area contributed by atoms with E-state index in [1.807, 2.05) is 0 Å². The van der Waals surface area contributed by atoms with Gasteiger partial charge in [0.15, 0.2) is 0 Å². The predicted molar refractivity (Wildman–Crippen MR) is 48.4 cm³/mol. The van der Waals surface area contributed by atoms with Gasteiger partial charge in [-0.25, -0.2) is 0 Å². The van der Waals surface area contributed by atoms with Crippen molar-refractivity contribution in [1.82, 2.24) is 0 Å². The number of terminal acetylenes is 4. The number of hydrogen-bond donors (Lipinski definition) is 0. The summed E-state index contributed by atoms with van der Waals surface area (Å²) in [5.41, 5.74) is 2.39. The lowest BCUT2D eigenvalue weighted by Crippen LogP contribution is -1.32. The maximum absolute atomic E-state index is 4.66. The molecule has 46 valence electrons. The highest BCUT2D eigenvalue weighted by molar-refractivity contribution is 6.21. The van der Waals surface area contributed by atoms with Gasteiger partial charge in [-0.15, -0.1) is 50.5 Å². The molecule has 0 aliphatic heterocycles. The van der Waals surface area contributed by atoms with E-state index in [0.717, 1.165) is 10.2 Å². The number of rotatable bonds is 0. The zero-order chi connectivity index (χ0) is 8.71.